The number of hydrogen-bond acceptors (Lipinski definition) is 1. The van der Waals surface area contributed by atoms with E-state index in [-0.39, 0.29) is 16.2 Å². The van der Waals surface area contributed by atoms with Gasteiger partial charge in [0.2, 0.25) is 0 Å². The molecule has 0 bridgehead atoms. The molecule has 0 atom stereocenters. The van der Waals surface area contributed by atoms with Crippen LogP contribution in [0.3, 0.4) is 0 Å². The molecular weight excluding hydrogens is 209 g/mol. The lowest BCUT2D eigenvalue weighted by Gasteiger charge is -1.98. The third kappa shape index (κ3) is 1.24. The number of halogens is 2. The maximum absolute atomic E-state index is 13.1. The number of carboxylic acids is 1. The second kappa shape index (κ2) is 2.99. The van der Waals surface area contributed by atoms with Crippen LogP contribution >= 0.6 is 11.6 Å². The van der Waals surface area contributed by atoms with Crippen LogP contribution in [0, 0.1) is 5.82 Å². The molecule has 2 N–H and O–H groups in total. The Morgan fingerprint density at radius 2 is 2.21 bits per heavy atom. The monoisotopic (exact) mass is 213 g/mol. The Bertz CT molecular complexity index is 521. The highest BCUT2D eigenvalue weighted by Crippen LogP contribution is 2.24. The van der Waals surface area contributed by atoms with Crippen LogP contribution in [-0.4, -0.2) is 16.1 Å². The van der Waals surface area contributed by atoms with Gasteiger partial charge < -0.3 is 10.1 Å². The predicted molar refractivity (Wildman–Crippen MR) is 50.2 cm³/mol. The molecule has 0 aliphatic rings. The molecule has 1 aromatic carbocycles. The minimum absolute atomic E-state index is 0.211. The first-order valence-electron chi connectivity index (χ1n) is 3.79. The normalized spacial score (nSPS) is 10.7. The zero-order chi connectivity index (χ0) is 10.3. The number of benzene rings is 1. The zero-order valence-corrected chi connectivity index (χ0v) is 7.60. The van der Waals surface area contributed by atoms with Crippen molar-refractivity contribution in [2.24, 2.45) is 0 Å². The van der Waals surface area contributed by atoms with Crippen molar-refractivity contribution in [3.05, 3.63) is 34.7 Å². The van der Waals surface area contributed by atoms with Gasteiger partial charge in [0, 0.05) is 5.39 Å². The highest BCUT2D eigenvalue weighted by atomic mass is 35.5. The van der Waals surface area contributed by atoms with E-state index in [0.717, 1.165) is 6.07 Å². The first kappa shape index (κ1) is 9.02. The summed E-state index contributed by atoms with van der Waals surface area (Å²) in [7, 11) is 0. The van der Waals surface area contributed by atoms with E-state index < -0.39 is 11.8 Å². The van der Waals surface area contributed by atoms with Crippen LogP contribution in [0.5, 0.6) is 0 Å². The van der Waals surface area contributed by atoms with Crippen molar-refractivity contribution in [3.63, 3.8) is 0 Å². The van der Waals surface area contributed by atoms with Crippen molar-refractivity contribution >= 4 is 28.5 Å². The van der Waals surface area contributed by atoms with Crippen molar-refractivity contribution in [1.82, 2.24) is 4.98 Å². The largest absolute Gasteiger partial charge is 0.478 e. The van der Waals surface area contributed by atoms with Crippen LogP contribution in [0.4, 0.5) is 4.39 Å². The van der Waals surface area contributed by atoms with Crippen LogP contribution in [-0.2, 0) is 0 Å². The predicted octanol–water partition coefficient (Wildman–Crippen LogP) is 2.66. The SMILES string of the molecule is O=C(O)c1c(F)ccc2cc(Cl)[nH]c12. The lowest BCUT2D eigenvalue weighted by Crippen LogP contribution is -2.01. The van der Waals surface area contributed by atoms with Crippen LogP contribution in [0.1, 0.15) is 10.4 Å². The fraction of sp³-hybridized carbons (Fsp3) is 0. The van der Waals surface area contributed by atoms with E-state index in [4.69, 9.17) is 16.7 Å². The number of aromatic amines is 1. The number of rotatable bonds is 1. The Morgan fingerprint density at radius 1 is 1.50 bits per heavy atom. The maximum atomic E-state index is 13.1. The summed E-state index contributed by atoms with van der Waals surface area (Å²) in [6, 6.07) is 4.12. The average molecular weight is 214 g/mol. The molecule has 14 heavy (non-hydrogen) atoms. The Kier molecular flexibility index (Phi) is 1.93. The third-order valence-corrected chi connectivity index (χ3v) is 2.13. The molecule has 0 aliphatic carbocycles. The lowest BCUT2D eigenvalue weighted by molar-refractivity contribution is 0.0694. The highest BCUT2D eigenvalue weighted by molar-refractivity contribution is 6.30. The van der Waals surface area contributed by atoms with E-state index in [1.54, 1.807) is 6.07 Å². The van der Waals surface area contributed by atoms with Gasteiger partial charge in [-0.05, 0) is 18.2 Å². The van der Waals surface area contributed by atoms with Gasteiger partial charge in [-0.2, -0.15) is 0 Å². The molecule has 0 saturated carbocycles. The molecule has 2 rings (SSSR count). The molecule has 1 aromatic heterocycles. The van der Waals surface area contributed by atoms with Gasteiger partial charge in [0.1, 0.15) is 16.5 Å². The van der Waals surface area contributed by atoms with Crippen molar-refractivity contribution in [2.45, 2.75) is 0 Å². The van der Waals surface area contributed by atoms with Gasteiger partial charge in [0.15, 0.2) is 0 Å². The number of fused-ring (bicyclic) bond motifs is 1. The van der Waals surface area contributed by atoms with Gasteiger partial charge in [0.25, 0.3) is 0 Å². The molecule has 3 nitrogen and oxygen atoms in total. The molecule has 0 aliphatic heterocycles. The first-order valence-corrected chi connectivity index (χ1v) is 4.17. The number of hydrogen-bond donors (Lipinski definition) is 2. The summed E-state index contributed by atoms with van der Waals surface area (Å²) in [4.78, 5) is 13.3. The van der Waals surface area contributed by atoms with Gasteiger partial charge in [-0.15, -0.1) is 0 Å². The van der Waals surface area contributed by atoms with Gasteiger partial charge in [-0.25, -0.2) is 9.18 Å². The van der Waals surface area contributed by atoms with Gasteiger partial charge in [-0.3, -0.25) is 0 Å². The zero-order valence-electron chi connectivity index (χ0n) is 6.84. The number of H-pyrrole nitrogens is 1. The molecule has 0 radical (unpaired) electrons. The van der Waals surface area contributed by atoms with Crippen LogP contribution in [0.2, 0.25) is 5.15 Å². The summed E-state index contributed by atoms with van der Waals surface area (Å²) < 4.78 is 13.1. The van der Waals surface area contributed by atoms with Crippen molar-refractivity contribution < 1.29 is 14.3 Å². The number of aromatic nitrogens is 1. The number of aromatic carboxylic acids is 1. The summed E-state index contributed by atoms with van der Waals surface area (Å²) in [5, 5.41) is 9.63. The first-order chi connectivity index (χ1) is 6.59. The summed E-state index contributed by atoms with van der Waals surface area (Å²) in [5.41, 5.74) is -0.170. The van der Waals surface area contributed by atoms with Crippen LogP contribution < -0.4 is 0 Å². The van der Waals surface area contributed by atoms with Crippen molar-refractivity contribution in [3.8, 4) is 0 Å². The Hall–Kier alpha value is -1.55. The summed E-state index contributed by atoms with van der Waals surface area (Å²) in [6.07, 6.45) is 0. The molecule has 0 fully saturated rings. The van der Waals surface area contributed by atoms with Gasteiger partial charge >= 0.3 is 5.97 Å². The fourth-order valence-electron chi connectivity index (χ4n) is 1.35. The lowest BCUT2D eigenvalue weighted by atomic mass is 10.1. The summed E-state index contributed by atoms with van der Waals surface area (Å²) in [6.45, 7) is 0. The molecule has 0 amide bonds. The Morgan fingerprint density at radius 3 is 2.86 bits per heavy atom. The minimum Gasteiger partial charge on any atom is -0.478 e. The fourth-order valence-corrected chi connectivity index (χ4v) is 1.56. The molecule has 0 saturated heterocycles. The van der Waals surface area contributed by atoms with Crippen molar-refractivity contribution in [1.29, 1.82) is 0 Å². The van der Waals surface area contributed by atoms with Crippen molar-refractivity contribution in [2.75, 3.05) is 0 Å². The third-order valence-electron chi connectivity index (χ3n) is 1.93. The molecule has 0 spiro atoms. The maximum Gasteiger partial charge on any atom is 0.340 e. The smallest absolute Gasteiger partial charge is 0.340 e. The molecule has 0 unspecified atom stereocenters. The van der Waals surface area contributed by atoms with E-state index in [1.165, 1.54) is 6.07 Å². The topological polar surface area (TPSA) is 53.1 Å². The second-order valence-electron chi connectivity index (χ2n) is 2.81. The standard InChI is InChI=1S/C9H5ClFNO2/c10-6-3-4-1-2-5(11)7(9(13)14)8(4)12-6/h1-3,12H,(H,13,14). The van der Waals surface area contributed by atoms with Gasteiger partial charge in [0.05, 0.1) is 5.52 Å². The minimum atomic E-state index is -1.31. The molecule has 1 heterocycles. The Balaban J connectivity index is 2.88. The van der Waals surface area contributed by atoms with Crippen LogP contribution in [0.25, 0.3) is 10.9 Å². The number of carboxylic acid groups (broad SMARTS) is 1. The number of carbonyl (C=O) groups is 1. The van der Waals surface area contributed by atoms with Crippen LogP contribution in [0.15, 0.2) is 18.2 Å². The molecule has 5 heteroatoms. The molecular formula is C9H5ClFNO2. The summed E-state index contributed by atoms with van der Waals surface area (Å²) in [5.74, 6) is -2.09. The molecule has 2 aromatic rings. The van der Waals surface area contributed by atoms with E-state index in [2.05, 4.69) is 4.98 Å². The second-order valence-corrected chi connectivity index (χ2v) is 3.22. The quantitative estimate of drug-likeness (QED) is 0.765. The number of nitrogens with one attached hydrogen (secondary N) is 1. The van der Waals surface area contributed by atoms with E-state index >= 15 is 0 Å². The van der Waals surface area contributed by atoms with E-state index in [9.17, 15) is 9.18 Å². The highest BCUT2D eigenvalue weighted by Gasteiger charge is 2.16. The Labute approximate surface area is 83.1 Å². The molecule has 72 valence electrons. The summed E-state index contributed by atoms with van der Waals surface area (Å²) >= 11 is 5.64. The average Bonchev–Trinajstić information content (AvgIpc) is 2.43. The van der Waals surface area contributed by atoms with E-state index in [0.29, 0.717) is 5.39 Å². The van der Waals surface area contributed by atoms with E-state index in [1.807, 2.05) is 0 Å². The van der Waals surface area contributed by atoms with Gasteiger partial charge in [-0.1, -0.05) is 11.6 Å².